The number of aromatic amines is 2. The Morgan fingerprint density at radius 2 is 1.87 bits per heavy atom. The van der Waals surface area contributed by atoms with Gasteiger partial charge in [-0.15, -0.1) is 11.3 Å². The van der Waals surface area contributed by atoms with E-state index in [0.717, 1.165) is 22.6 Å². The molecule has 0 aliphatic carbocycles. The zero-order chi connectivity index (χ0) is 15.2. The third-order valence-electron chi connectivity index (χ3n) is 4.04. The van der Waals surface area contributed by atoms with Gasteiger partial charge >= 0.3 is 0 Å². The molecule has 5 rings (SSSR count). The lowest BCUT2D eigenvalue weighted by molar-refractivity contribution is 1.27. The van der Waals surface area contributed by atoms with Crippen LogP contribution in [0.1, 0.15) is 0 Å². The fourth-order valence-corrected chi connectivity index (χ4v) is 3.95. The van der Waals surface area contributed by atoms with E-state index in [1.165, 1.54) is 20.5 Å². The van der Waals surface area contributed by atoms with Crippen LogP contribution in [0.15, 0.2) is 66.9 Å². The molecule has 3 heterocycles. The molecule has 0 amide bonds. The Labute approximate surface area is 136 Å². The molecule has 5 aromatic rings. The Balaban J connectivity index is 1.64. The van der Waals surface area contributed by atoms with Crippen molar-refractivity contribution in [3.05, 3.63) is 66.9 Å². The predicted molar refractivity (Wildman–Crippen MR) is 96.7 cm³/mol. The van der Waals surface area contributed by atoms with Gasteiger partial charge in [-0.05, 0) is 47.3 Å². The molecule has 0 unspecified atom stereocenters. The lowest BCUT2D eigenvalue weighted by Gasteiger charge is -1.96. The molecule has 0 aliphatic heterocycles. The predicted octanol–water partition coefficient (Wildman–Crippen LogP) is 5.44. The molecule has 0 atom stereocenters. The highest BCUT2D eigenvalue weighted by Crippen LogP contribution is 2.34. The number of nitrogens with one attached hydrogen (secondary N) is 2. The lowest BCUT2D eigenvalue weighted by atomic mass is 10.1. The first kappa shape index (κ1) is 12.7. The molecule has 110 valence electrons. The molecular formula is C19H13N3S. The maximum absolute atomic E-state index is 4.65. The number of hydrogen-bond donors (Lipinski definition) is 2. The van der Waals surface area contributed by atoms with Crippen LogP contribution in [0.25, 0.3) is 43.1 Å². The van der Waals surface area contributed by atoms with Gasteiger partial charge in [0.1, 0.15) is 0 Å². The van der Waals surface area contributed by atoms with Gasteiger partial charge in [0.05, 0.1) is 16.7 Å². The maximum atomic E-state index is 4.65. The monoisotopic (exact) mass is 315 g/mol. The largest absolute Gasteiger partial charge is 0.359 e. The lowest BCUT2D eigenvalue weighted by Crippen LogP contribution is -1.77. The number of imidazole rings is 1. The number of thiophene rings is 1. The third kappa shape index (κ3) is 2.07. The maximum Gasteiger partial charge on any atom is 0.154 e. The standard InChI is InChI=1S/C19H13N3S/c1-2-6-17-12(4-1)11-18(23-17)13-7-8-14-16(10-13)22-19(21-14)15-5-3-9-20-15/h1-11,20H,(H,21,22). The van der Waals surface area contributed by atoms with Gasteiger partial charge in [0.25, 0.3) is 0 Å². The van der Waals surface area contributed by atoms with E-state index in [2.05, 4.69) is 63.5 Å². The van der Waals surface area contributed by atoms with Gasteiger partial charge in [-0.3, -0.25) is 0 Å². The second kappa shape index (κ2) is 4.83. The van der Waals surface area contributed by atoms with Gasteiger partial charge in [0.15, 0.2) is 5.82 Å². The van der Waals surface area contributed by atoms with Crippen molar-refractivity contribution < 1.29 is 0 Å². The summed E-state index contributed by atoms with van der Waals surface area (Å²) in [5, 5.41) is 1.30. The number of aromatic nitrogens is 3. The van der Waals surface area contributed by atoms with E-state index in [-0.39, 0.29) is 0 Å². The summed E-state index contributed by atoms with van der Waals surface area (Å²) in [6.45, 7) is 0. The van der Waals surface area contributed by atoms with Crippen LogP contribution in [0, 0.1) is 0 Å². The van der Waals surface area contributed by atoms with Crippen LogP contribution >= 0.6 is 11.3 Å². The third-order valence-corrected chi connectivity index (χ3v) is 5.21. The van der Waals surface area contributed by atoms with Crippen molar-refractivity contribution in [2.24, 2.45) is 0 Å². The van der Waals surface area contributed by atoms with Crippen molar-refractivity contribution in [2.75, 3.05) is 0 Å². The highest BCUT2D eigenvalue weighted by Gasteiger charge is 2.09. The molecule has 0 radical (unpaired) electrons. The molecular weight excluding hydrogens is 302 g/mol. The zero-order valence-electron chi connectivity index (χ0n) is 12.2. The van der Waals surface area contributed by atoms with Crippen LogP contribution in [0.4, 0.5) is 0 Å². The van der Waals surface area contributed by atoms with E-state index in [1.807, 2.05) is 29.7 Å². The summed E-state index contributed by atoms with van der Waals surface area (Å²) in [6.07, 6.45) is 1.91. The molecule has 0 saturated heterocycles. The van der Waals surface area contributed by atoms with Crippen molar-refractivity contribution in [1.82, 2.24) is 15.0 Å². The van der Waals surface area contributed by atoms with Gasteiger partial charge in [0, 0.05) is 15.8 Å². The molecule has 2 N–H and O–H groups in total. The van der Waals surface area contributed by atoms with Crippen molar-refractivity contribution in [3.8, 4) is 22.0 Å². The van der Waals surface area contributed by atoms with Gasteiger partial charge in [0.2, 0.25) is 0 Å². The van der Waals surface area contributed by atoms with Crippen molar-refractivity contribution in [2.45, 2.75) is 0 Å². The minimum atomic E-state index is 0.874. The average Bonchev–Trinajstić information content (AvgIpc) is 3.31. The quantitative estimate of drug-likeness (QED) is 0.447. The Morgan fingerprint density at radius 1 is 0.913 bits per heavy atom. The molecule has 3 nitrogen and oxygen atoms in total. The minimum absolute atomic E-state index is 0.874. The van der Waals surface area contributed by atoms with Gasteiger partial charge in [-0.2, -0.15) is 0 Å². The summed E-state index contributed by atoms with van der Waals surface area (Å²) >= 11 is 1.82. The first-order valence-electron chi connectivity index (χ1n) is 7.49. The Bertz CT molecular complexity index is 1080. The Morgan fingerprint density at radius 3 is 2.74 bits per heavy atom. The summed E-state index contributed by atoms with van der Waals surface area (Å²) in [6, 6.07) is 21.2. The summed E-state index contributed by atoms with van der Waals surface area (Å²) in [7, 11) is 0. The highest BCUT2D eigenvalue weighted by atomic mass is 32.1. The highest BCUT2D eigenvalue weighted by molar-refractivity contribution is 7.22. The Kier molecular flexibility index (Phi) is 2.66. The fourth-order valence-electron chi connectivity index (χ4n) is 2.89. The second-order valence-corrected chi connectivity index (χ2v) is 6.63. The number of benzene rings is 2. The molecule has 4 heteroatoms. The van der Waals surface area contributed by atoms with E-state index in [1.54, 1.807) is 0 Å². The van der Waals surface area contributed by atoms with Crippen LogP contribution in [0.2, 0.25) is 0 Å². The average molecular weight is 315 g/mol. The van der Waals surface area contributed by atoms with Crippen molar-refractivity contribution in [3.63, 3.8) is 0 Å². The van der Waals surface area contributed by atoms with Gasteiger partial charge < -0.3 is 9.97 Å². The summed E-state index contributed by atoms with van der Waals surface area (Å²) in [5.41, 5.74) is 4.27. The van der Waals surface area contributed by atoms with Crippen LogP contribution in [0.3, 0.4) is 0 Å². The fraction of sp³-hybridized carbons (Fsp3) is 0. The van der Waals surface area contributed by atoms with Crippen LogP contribution in [0.5, 0.6) is 0 Å². The van der Waals surface area contributed by atoms with Crippen molar-refractivity contribution in [1.29, 1.82) is 0 Å². The van der Waals surface area contributed by atoms with Gasteiger partial charge in [-0.25, -0.2) is 4.98 Å². The van der Waals surface area contributed by atoms with E-state index < -0.39 is 0 Å². The minimum Gasteiger partial charge on any atom is -0.359 e. The number of fused-ring (bicyclic) bond motifs is 2. The normalized spacial score (nSPS) is 11.5. The van der Waals surface area contributed by atoms with E-state index in [9.17, 15) is 0 Å². The number of rotatable bonds is 2. The summed E-state index contributed by atoms with van der Waals surface area (Å²) in [4.78, 5) is 12.5. The number of H-pyrrole nitrogens is 2. The van der Waals surface area contributed by atoms with E-state index in [4.69, 9.17) is 0 Å². The van der Waals surface area contributed by atoms with Crippen LogP contribution < -0.4 is 0 Å². The topological polar surface area (TPSA) is 44.5 Å². The SMILES string of the molecule is c1c[nH]c(-c2nc3ccc(-c4cc5ccccc5s4)cc3[nH]2)c1. The van der Waals surface area contributed by atoms with Crippen LogP contribution in [-0.4, -0.2) is 15.0 Å². The first-order valence-corrected chi connectivity index (χ1v) is 8.31. The van der Waals surface area contributed by atoms with Crippen LogP contribution in [-0.2, 0) is 0 Å². The first-order chi connectivity index (χ1) is 11.4. The molecule has 0 aliphatic rings. The molecule has 23 heavy (non-hydrogen) atoms. The Hall–Kier alpha value is -2.85. The molecule has 3 aromatic heterocycles. The second-order valence-electron chi connectivity index (χ2n) is 5.55. The zero-order valence-corrected chi connectivity index (χ0v) is 13.0. The van der Waals surface area contributed by atoms with Gasteiger partial charge in [-0.1, -0.05) is 24.3 Å². The van der Waals surface area contributed by atoms with E-state index >= 15 is 0 Å². The smallest absolute Gasteiger partial charge is 0.154 e. The van der Waals surface area contributed by atoms with E-state index in [0.29, 0.717) is 0 Å². The molecule has 0 saturated carbocycles. The number of nitrogens with zero attached hydrogens (tertiary/aromatic N) is 1. The van der Waals surface area contributed by atoms with Crippen molar-refractivity contribution >= 4 is 32.5 Å². The molecule has 0 fully saturated rings. The molecule has 2 aromatic carbocycles. The molecule has 0 spiro atoms. The summed E-state index contributed by atoms with van der Waals surface area (Å²) in [5.74, 6) is 0.874. The number of hydrogen-bond acceptors (Lipinski definition) is 2. The summed E-state index contributed by atoms with van der Waals surface area (Å²) < 4.78 is 1.32. The molecule has 0 bridgehead atoms.